The Morgan fingerprint density at radius 3 is 2.55 bits per heavy atom. The van der Waals surface area contributed by atoms with Crippen LogP contribution in [0.25, 0.3) is 11.0 Å². The summed E-state index contributed by atoms with van der Waals surface area (Å²) in [6, 6.07) is 9.14. The highest BCUT2D eigenvalue weighted by Gasteiger charge is 2.12. The van der Waals surface area contributed by atoms with Crippen LogP contribution in [-0.2, 0) is 6.54 Å². The minimum atomic E-state index is -0.538. The van der Waals surface area contributed by atoms with Gasteiger partial charge in [-0.1, -0.05) is 53.0 Å². The zero-order valence-electron chi connectivity index (χ0n) is 11.6. The Bertz CT molecular complexity index is 975. The van der Waals surface area contributed by atoms with E-state index >= 15 is 0 Å². The molecule has 0 unspecified atom stereocenters. The van der Waals surface area contributed by atoms with Gasteiger partial charge in [-0.15, -0.1) is 0 Å². The van der Waals surface area contributed by atoms with Gasteiger partial charge in [-0.3, -0.25) is 14.3 Å². The van der Waals surface area contributed by atoms with Crippen LogP contribution in [0.15, 0.2) is 39.9 Å². The highest BCUT2D eigenvalue weighted by molar-refractivity contribution is 6.41. The Hall–Kier alpha value is -2.11. The van der Waals surface area contributed by atoms with Crippen molar-refractivity contribution in [2.45, 2.75) is 13.5 Å². The molecule has 1 aromatic carbocycles. The number of aromatic nitrogens is 3. The van der Waals surface area contributed by atoms with Gasteiger partial charge in [-0.25, -0.2) is 9.78 Å². The third-order valence-electron chi connectivity index (χ3n) is 3.34. The summed E-state index contributed by atoms with van der Waals surface area (Å²) in [6.45, 7) is 2.26. The SMILES string of the molecule is Cc1ccc(Cn2c(=O)[nH]c(=O)c3cc(Cl)c(Cl)nc32)cc1. The smallest absolute Gasteiger partial charge is 0.273 e. The van der Waals surface area contributed by atoms with Gasteiger partial charge in [0.05, 0.1) is 17.0 Å². The molecular weight excluding hydrogens is 325 g/mol. The first-order chi connectivity index (χ1) is 10.5. The number of hydrogen-bond acceptors (Lipinski definition) is 3. The standard InChI is InChI=1S/C15H11Cl2N3O2/c1-8-2-4-9(5-3-8)7-20-13-10(14(21)19-15(20)22)6-11(16)12(17)18-13/h2-6H,7H2,1H3,(H,19,21,22). The van der Waals surface area contributed by atoms with Gasteiger partial charge in [0.1, 0.15) is 5.15 Å². The second-order valence-electron chi connectivity index (χ2n) is 4.96. The molecule has 3 rings (SSSR count). The number of aromatic amines is 1. The van der Waals surface area contributed by atoms with Crippen molar-refractivity contribution in [1.29, 1.82) is 0 Å². The summed E-state index contributed by atoms with van der Waals surface area (Å²) < 4.78 is 1.36. The van der Waals surface area contributed by atoms with E-state index in [4.69, 9.17) is 23.2 Å². The summed E-state index contributed by atoms with van der Waals surface area (Å²) in [7, 11) is 0. The third-order valence-corrected chi connectivity index (χ3v) is 4.01. The molecule has 2 aromatic heterocycles. The Morgan fingerprint density at radius 2 is 1.86 bits per heavy atom. The van der Waals surface area contributed by atoms with Crippen molar-refractivity contribution in [3.8, 4) is 0 Å². The number of aryl methyl sites for hydroxylation is 1. The molecule has 0 saturated heterocycles. The van der Waals surface area contributed by atoms with Crippen LogP contribution in [0.5, 0.6) is 0 Å². The largest absolute Gasteiger partial charge is 0.330 e. The van der Waals surface area contributed by atoms with Crippen LogP contribution in [0.4, 0.5) is 0 Å². The average molecular weight is 336 g/mol. The number of nitrogens with zero attached hydrogens (tertiary/aromatic N) is 2. The number of fused-ring (bicyclic) bond motifs is 1. The number of pyridine rings is 1. The van der Waals surface area contributed by atoms with Crippen molar-refractivity contribution in [3.05, 3.63) is 72.5 Å². The molecule has 0 radical (unpaired) electrons. The maximum atomic E-state index is 12.1. The van der Waals surface area contributed by atoms with Crippen molar-refractivity contribution < 1.29 is 0 Å². The number of halogens is 2. The minimum absolute atomic E-state index is 0.0526. The van der Waals surface area contributed by atoms with E-state index in [1.165, 1.54) is 10.6 Å². The first-order valence-electron chi connectivity index (χ1n) is 6.50. The lowest BCUT2D eigenvalue weighted by atomic mass is 10.1. The molecule has 0 bridgehead atoms. The van der Waals surface area contributed by atoms with Crippen LogP contribution >= 0.6 is 23.2 Å². The van der Waals surface area contributed by atoms with Crippen LogP contribution in [0.3, 0.4) is 0 Å². The van der Waals surface area contributed by atoms with Crippen molar-refractivity contribution in [2.75, 3.05) is 0 Å². The molecule has 0 fully saturated rings. The maximum Gasteiger partial charge on any atom is 0.330 e. The molecule has 112 valence electrons. The van der Waals surface area contributed by atoms with Crippen molar-refractivity contribution in [1.82, 2.24) is 14.5 Å². The summed E-state index contributed by atoms with van der Waals surface area (Å²) in [6.07, 6.45) is 0. The lowest BCUT2D eigenvalue weighted by Gasteiger charge is -2.10. The molecule has 0 aliphatic heterocycles. The summed E-state index contributed by atoms with van der Waals surface area (Å²) >= 11 is 11.8. The van der Waals surface area contributed by atoms with E-state index in [9.17, 15) is 9.59 Å². The van der Waals surface area contributed by atoms with E-state index in [2.05, 4.69) is 9.97 Å². The number of benzene rings is 1. The zero-order valence-corrected chi connectivity index (χ0v) is 13.1. The lowest BCUT2D eigenvalue weighted by Crippen LogP contribution is -2.31. The molecule has 0 spiro atoms. The molecule has 0 aliphatic rings. The molecule has 1 N–H and O–H groups in total. The molecule has 7 heteroatoms. The first-order valence-corrected chi connectivity index (χ1v) is 7.26. The van der Waals surface area contributed by atoms with E-state index in [-0.39, 0.29) is 27.8 Å². The number of nitrogens with one attached hydrogen (secondary N) is 1. The van der Waals surface area contributed by atoms with Gasteiger partial charge in [-0.05, 0) is 18.6 Å². The zero-order chi connectivity index (χ0) is 15.9. The maximum absolute atomic E-state index is 12.1. The van der Waals surface area contributed by atoms with Gasteiger partial charge in [0, 0.05) is 0 Å². The van der Waals surface area contributed by atoms with Gasteiger partial charge in [0.2, 0.25) is 0 Å². The Morgan fingerprint density at radius 1 is 1.18 bits per heavy atom. The van der Waals surface area contributed by atoms with E-state index in [1.54, 1.807) is 0 Å². The summed E-state index contributed by atoms with van der Waals surface area (Å²) in [4.78, 5) is 30.4. The summed E-state index contributed by atoms with van der Waals surface area (Å²) in [5.74, 6) is 0. The quantitative estimate of drug-likeness (QED) is 0.732. The second kappa shape index (κ2) is 5.59. The molecule has 0 atom stereocenters. The van der Waals surface area contributed by atoms with Crippen LogP contribution in [0.2, 0.25) is 10.2 Å². The van der Waals surface area contributed by atoms with Gasteiger partial charge < -0.3 is 0 Å². The van der Waals surface area contributed by atoms with E-state index in [0.29, 0.717) is 0 Å². The van der Waals surface area contributed by atoms with Gasteiger partial charge in [-0.2, -0.15) is 0 Å². The Kier molecular flexibility index (Phi) is 3.76. The van der Waals surface area contributed by atoms with Crippen molar-refractivity contribution in [2.24, 2.45) is 0 Å². The van der Waals surface area contributed by atoms with Crippen LogP contribution < -0.4 is 11.2 Å². The predicted octanol–water partition coefficient (Wildman–Crippen LogP) is 2.75. The highest BCUT2D eigenvalue weighted by Crippen LogP contribution is 2.22. The van der Waals surface area contributed by atoms with E-state index in [1.807, 2.05) is 31.2 Å². The number of rotatable bonds is 2. The third kappa shape index (κ3) is 2.65. The Balaban J connectivity index is 2.24. The van der Waals surface area contributed by atoms with Crippen molar-refractivity contribution in [3.63, 3.8) is 0 Å². The number of H-pyrrole nitrogens is 1. The summed E-state index contributed by atoms with van der Waals surface area (Å²) in [5, 5.41) is 0.443. The van der Waals surface area contributed by atoms with Gasteiger partial charge >= 0.3 is 5.69 Å². The second-order valence-corrected chi connectivity index (χ2v) is 5.73. The molecule has 2 heterocycles. The molecule has 22 heavy (non-hydrogen) atoms. The molecule has 0 amide bonds. The fourth-order valence-corrected chi connectivity index (χ4v) is 2.47. The number of hydrogen-bond donors (Lipinski definition) is 1. The van der Waals surface area contributed by atoms with Gasteiger partial charge in [0.25, 0.3) is 5.56 Å². The monoisotopic (exact) mass is 335 g/mol. The normalized spacial score (nSPS) is 11.0. The lowest BCUT2D eigenvalue weighted by molar-refractivity contribution is 0.746. The predicted molar refractivity (Wildman–Crippen MR) is 86.9 cm³/mol. The first kappa shape index (κ1) is 14.8. The fourth-order valence-electron chi connectivity index (χ4n) is 2.18. The Labute approximate surface area is 135 Å². The average Bonchev–Trinajstić information content (AvgIpc) is 2.47. The highest BCUT2D eigenvalue weighted by atomic mass is 35.5. The van der Waals surface area contributed by atoms with E-state index in [0.717, 1.165) is 11.1 Å². The molecule has 3 aromatic rings. The van der Waals surface area contributed by atoms with Gasteiger partial charge in [0.15, 0.2) is 5.65 Å². The summed E-state index contributed by atoms with van der Waals surface area (Å²) in [5.41, 5.74) is 1.17. The van der Waals surface area contributed by atoms with Crippen LogP contribution in [0.1, 0.15) is 11.1 Å². The van der Waals surface area contributed by atoms with E-state index < -0.39 is 11.2 Å². The molecular formula is C15H11Cl2N3O2. The molecule has 0 saturated carbocycles. The topological polar surface area (TPSA) is 67.8 Å². The fraction of sp³-hybridized carbons (Fsp3) is 0.133. The van der Waals surface area contributed by atoms with Crippen LogP contribution in [0, 0.1) is 6.92 Å². The van der Waals surface area contributed by atoms with Crippen molar-refractivity contribution >= 4 is 34.2 Å². The molecule has 0 aliphatic carbocycles. The van der Waals surface area contributed by atoms with Crippen LogP contribution in [-0.4, -0.2) is 14.5 Å². The molecule has 5 nitrogen and oxygen atoms in total. The minimum Gasteiger partial charge on any atom is -0.273 e.